The molecule has 0 atom stereocenters. The Morgan fingerprint density at radius 1 is 1.24 bits per heavy atom. The first-order valence-electron chi connectivity index (χ1n) is 5.27. The molecule has 0 radical (unpaired) electrons. The van der Waals surface area contributed by atoms with E-state index in [0.717, 1.165) is 0 Å². The van der Waals surface area contributed by atoms with Crippen LogP contribution in [0.5, 0.6) is 5.75 Å². The van der Waals surface area contributed by atoms with Gasteiger partial charge >= 0.3 is 0 Å². The number of rotatable bonds is 7. The van der Waals surface area contributed by atoms with Crippen molar-refractivity contribution >= 4 is 5.69 Å². The maximum Gasteiger partial charge on any atom is 0.142 e. The summed E-state index contributed by atoms with van der Waals surface area (Å²) < 4.78 is 15.5. The van der Waals surface area contributed by atoms with Crippen LogP contribution in [0.4, 0.5) is 5.69 Å². The number of nitrogens with two attached hydrogens (primary N) is 1. The molecule has 0 aromatic heterocycles. The van der Waals surface area contributed by atoms with Crippen LogP contribution in [0.1, 0.15) is 5.56 Å². The van der Waals surface area contributed by atoms with Crippen molar-refractivity contribution in [2.45, 2.75) is 0 Å². The number of anilines is 1. The number of ether oxygens (including phenoxy) is 3. The van der Waals surface area contributed by atoms with Crippen LogP contribution in [0.25, 0.3) is 0 Å². The molecule has 0 aliphatic rings. The molecule has 2 N–H and O–H groups in total. The average Bonchev–Trinajstić information content (AvgIpc) is 2.35. The largest absolute Gasteiger partial charge is 0.489 e. The molecule has 0 bridgehead atoms. The first-order chi connectivity index (χ1) is 8.27. The Bertz CT molecular complexity index is 388. The number of hydrogen-bond donors (Lipinski definition) is 1. The van der Waals surface area contributed by atoms with Gasteiger partial charge in [0.05, 0.1) is 37.1 Å². The standard InChI is InChI=1S/C12H16N2O3/c1-15-4-5-16-6-7-17-12-3-2-10(9-13)8-11(12)14/h2-3,8H,4-7,14H2,1H3. The summed E-state index contributed by atoms with van der Waals surface area (Å²) in [6.07, 6.45) is 0. The van der Waals surface area contributed by atoms with Gasteiger partial charge in [-0.15, -0.1) is 0 Å². The van der Waals surface area contributed by atoms with E-state index in [2.05, 4.69) is 0 Å². The summed E-state index contributed by atoms with van der Waals surface area (Å²) in [6, 6.07) is 6.94. The van der Waals surface area contributed by atoms with Gasteiger partial charge in [0, 0.05) is 7.11 Å². The number of methoxy groups -OCH3 is 1. The number of nitrogens with zero attached hydrogens (tertiary/aromatic N) is 1. The zero-order valence-corrected chi connectivity index (χ0v) is 9.81. The molecular formula is C12H16N2O3. The molecule has 0 amide bonds. The lowest BCUT2D eigenvalue weighted by atomic mass is 10.2. The van der Waals surface area contributed by atoms with E-state index in [9.17, 15) is 0 Å². The van der Waals surface area contributed by atoms with E-state index in [1.54, 1.807) is 25.3 Å². The van der Waals surface area contributed by atoms with Crippen LogP contribution in [0.2, 0.25) is 0 Å². The molecule has 17 heavy (non-hydrogen) atoms. The van der Waals surface area contributed by atoms with Crippen molar-refractivity contribution in [1.29, 1.82) is 5.26 Å². The van der Waals surface area contributed by atoms with Gasteiger partial charge in [0.1, 0.15) is 12.4 Å². The summed E-state index contributed by atoms with van der Waals surface area (Å²) >= 11 is 0. The quantitative estimate of drug-likeness (QED) is 0.568. The third-order valence-corrected chi connectivity index (χ3v) is 2.06. The van der Waals surface area contributed by atoms with Gasteiger partial charge in [-0.05, 0) is 18.2 Å². The summed E-state index contributed by atoms with van der Waals surface area (Å²) in [5.74, 6) is 0.569. The Balaban J connectivity index is 2.30. The zero-order chi connectivity index (χ0) is 12.5. The van der Waals surface area contributed by atoms with Gasteiger partial charge in [-0.2, -0.15) is 5.26 Å². The highest BCUT2D eigenvalue weighted by molar-refractivity contribution is 5.56. The summed E-state index contributed by atoms with van der Waals surface area (Å²) in [5, 5.41) is 8.67. The van der Waals surface area contributed by atoms with Crippen LogP contribution in [-0.4, -0.2) is 33.5 Å². The molecule has 1 aromatic rings. The lowest BCUT2D eigenvalue weighted by Crippen LogP contribution is -2.10. The smallest absolute Gasteiger partial charge is 0.142 e. The highest BCUT2D eigenvalue weighted by Gasteiger charge is 2.01. The van der Waals surface area contributed by atoms with Crippen molar-refractivity contribution in [3.63, 3.8) is 0 Å². The molecule has 0 heterocycles. The molecule has 0 aliphatic heterocycles. The van der Waals surface area contributed by atoms with Crippen molar-refractivity contribution in [1.82, 2.24) is 0 Å². The zero-order valence-electron chi connectivity index (χ0n) is 9.81. The van der Waals surface area contributed by atoms with E-state index < -0.39 is 0 Å². The molecule has 1 rings (SSSR count). The number of benzene rings is 1. The van der Waals surface area contributed by atoms with E-state index in [1.807, 2.05) is 6.07 Å². The summed E-state index contributed by atoms with van der Waals surface area (Å²) in [4.78, 5) is 0. The number of hydrogen-bond acceptors (Lipinski definition) is 5. The Morgan fingerprint density at radius 3 is 2.65 bits per heavy atom. The van der Waals surface area contributed by atoms with Crippen molar-refractivity contribution in [2.24, 2.45) is 0 Å². The molecule has 1 aromatic carbocycles. The summed E-state index contributed by atoms with van der Waals surface area (Å²) in [5.41, 5.74) is 6.70. The van der Waals surface area contributed by atoms with Crippen molar-refractivity contribution in [2.75, 3.05) is 39.3 Å². The Morgan fingerprint density at radius 2 is 2.00 bits per heavy atom. The van der Waals surface area contributed by atoms with Gasteiger partial charge < -0.3 is 19.9 Å². The molecule has 0 spiro atoms. The maximum absolute atomic E-state index is 8.67. The molecule has 0 aliphatic carbocycles. The van der Waals surface area contributed by atoms with E-state index in [0.29, 0.717) is 43.4 Å². The van der Waals surface area contributed by atoms with Crippen LogP contribution < -0.4 is 10.5 Å². The third-order valence-electron chi connectivity index (χ3n) is 2.06. The van der Waals surface area contributed by atoms with Crippen molar-refractivity contribution < 1.29 is 14.2 Å². The van der Waals surface area contributed by atoms with Gasteiger partial charge in [0.25, 0.3) is 0 Å². The van der Waals surface area contributed by atoms with Crippen LogP contribution in [0.3, 0.4) is 0 Å². The topological polar surface area (TPSA) is 77.5 Å². The second-order valence-electron chi connectivity index (χ2n) is 3.32. The first kappa shape index (κ1) is 13.3. The SMILES string of the molecule is COCCOCCOc1ccc(C#N)cc1N. The van der Waals surface area contributed by atoms with Gasteiger partial charge in [-0.1, -0.05) is 0 Å². The van der Waals surface area contributed by atoms with Crippen molar-refractivity contribution in [3.05, 3.63) is 23.8 Å². The third kappa shape index (κ3) is 4.72. The van der Waals surface area contributed by atoms with Gasteiger partial charge in [-0.3, -0.25) is 0 Å². The Kier molecular flexibility index (Phi) is 5.86. The van der Waals surface area contributed by atoms with E-state index in [-0.39, 0.29) is 0 Å². The molecular weight excluding hydrogens is 220 g/mol. The molecule has 0 fully saturated rings. The van der Waals surface area contributed by atoms with Gasteiger partial charge in [0.2, 0.25) is 0 Å². The fraction of sp³-hybridized carbons (Fsp3) is 0.417. The van der Waals surface area contributed by atoms with E-state index in [4.69, 9.17) is 25.2 Å². The minimum atomic E-state index is 0.416. The minimum Gasteiger partial charge on any atom is -0.489 e. The molecule has 0 saturated carbocycles. The minimum absolute atomic E-state index is 0.416. The predicted molar refractivity (Wildman–Crippen MR) is 63.8 cm³/mol. The second-order valence-corrected chi connectivity index (χ2v) is 3.32. The molecule has 5 heteroatoms. The van der Waals surface area contributed by atoms with E-state index >= 15 is 0 Å². The normalized spacial score (nSPS) is 9.88. The molecule has 0 saturated heterocycles. The van der Waals surface area contributed by atoms with Crippen LogP contribution in [-0.2, 0) is 9.47 Å². The lowest BCUT2D eigenvalue weighted by Gasteiger charge is -2.09. The fourth-order valence-corrected chi connectivity index (χ4v) is 1.20. The highest BCUT2D eigenvalue weighted by atomic mass is 16.5. The highest BCUT2D eigenvalue weighted by Crippen LogP contribution is 2.21. The Labute approximate surface area is 101 Å². The fourth-order valence-electron chi connectivity index (χ4n) is 1.20. The molecule has 92 valence electrons. The summed E-state index contributed by atoms with van der Waals surface area (Å²) in [6.45, 7) is 2.00. The summed E-state index contributed by atoms with van der Waals surface area (Å²) in [7, 11) is 1.62. The van der Waals surface area contributed by atoms with E-state index in [1.165, 1.54) is 0 Å². The lowest BCUT2D eigenvalue weighted by molar-refractivity contribution is 0.0545. The Hall–Kier alpha value is -1.77. The maximum atomic E-state index is 8.67. The van der Waals surface area contributed by atoms with Gasteiger partial charge in [-0.25, -0.2) is 0 Å². The van der Waals surface area contributed by atoms with Crippen LogP contribution in [0.15, 0.2) is 18.2 Å². The second kappa shape index (κ2) is 7.49. The molecule has 5 nitrogen and oxygen atoms in total. The first-order valence-corrected chi connectivity index (χ1v) is 5.27. The predicted octanol–water partition coefficient (Wildman–Crippen LogP) is 1.18. The van der Waals surface area contributed by atoms with Crippen molar-refractivity contribution in [3.8, 4) is 11.8 Å². The molecule has 0 unspecified atom stereocenters. The average molecular weight is 236 g/mol. The monoisotopic (exact) mass is 236 g/mol. The van der Waals surface area contributed by atoms with Gasteiger partial charge in [0.15, 0.2) is 0 Å². The number of nitrogen functional groups attached to an aromatic ring is 1. The van der Waals surface area contributed by atoms with Crippen LogP contribution >= 0.6 is 0 Å². The number of nitriles is 1. The van der Waals surface area contributed by atoms with Crippen LogP contribution in [0, 0.1) is 11.3 Å².